The van der Waals surface area contributed by atoms with E-state index in [0.717, 1.165) is 37.2 Å². The molecule has 0 saturated carbocycles. The van der Waals surface area contributed by atoms with E-state index in [2.05, 4.69) is 16.3 Å². The Kier molecular flexibility index (Phi) is 4.53. The number of piperidine rings is 1. The highest BCUT2D eigenvalue weighted by Gasteiger charge is 2.19. The van der Waals surface area contributed by atoms with E-state index < -0.39 is 0 Å². The Bertz CT molecular complexity index is 475. The molecule has 1 aromatic carbocycles. The van der Waals surface area contributed by atoms with Crippen LogP contribution in [0.1, 0.15) is 30.1 Å². The van der Waals surface area contributed by atoms with Gasteiger partial charge < -0.3 is 4.90 Å². The quantitative estimate of drug-likeness (QED) is 0.662. The van der Waals surface area contributed by atoms with Gasteiger partial charge in [-0.25, -0.2) is 0 Å². The highest BCUT2D eigenvalue weighted by Crippen LogP contribution is 2.20. The van der Waals surface area contributed by atoms with E-state index in [-0.39, 0.29) is 5.78 Å². The first-order chi connectivity index (χ1) is 9.20. The van der Waals surface area contributed by atoms with Gasteiger partial charge in [0.1, 0.15) is 0 Å². The second-order valence-corrected chi connectivity index (χ2v) is 4.93. The number of hydrogen-bond acceptors (Lipinski definition) is 4. The van der Waals surface area contributed by atoms with Crippen LogP contribution < -0.4 is 10.2 Å². The zero-order valence-corrected chi connectivity index (χ0v) is 11.2. The summed E-state index contributed by atoms with van der Waals surface area (Å²) in [7, 11) is 0. The molecule has 2 rings (SSSR count). The van der Waals surface area contributed by atoms with Gasteiger partial charge in [-0.3, -0.25) is 10.1 Å². The third-order valence-electron chi connectivity index (χ3n) is 3.53. The molecule has 0 spiro atoms. The maximum Gasteiger partial charge on any atom is 0.159 e. The highest BCUT2D eigenvalue weighted by molar-refractivity contribution is 5.94. The molecular formula is C15H19N3O. The molecule has 1 heterocycles. The number of Topliss-reactive ketones (excluding diaryl/α,β-unsaturated/α-hetero) is 1. The van der Waals surface area contributed by atoms with Crippen LogP contribution in [0.5, 0.6) is 0 Å². The van der Waals surface area contributed by atoms with Crippen molar-refractivity contribution in [2.75, 3.05) is 24.5 Å². The first-order valence-electron chi connectivity index (χ1n) is 6.67. The molecule has 0 aliphatic carbocycles. The van der Waals surface area contributed by atoms with Crippen molar-refractivity contribution in [3.8, 4) is 6.07 Å². The lowest BCUT2D eigenvalue weighted by molar-refractivity contribution is 0.101. The van der Waals surface area contributed by atoms with Gasteiger partial charge in [-0.1, -0.05) is 0 Å². The van der Waals surface area contributed by atoms with Gasteiger partial charge in [-0.15, -0.1) is 0 Å². The Morgan fingerprint density at radius 2 is 2.21 bits per heavy atom. The summed E-state index contributed by atoms with van der Waals surface area (Å²) >= 11 is 0. The Morgan fingerprint density at radius 1 is 1.47 bits per heavy atom. The SMILES string of the molecule is CC(=O)c1ccc(N2CCCC(NCC#N)C2)cc1. The lowest BCUT2D eigenvalue weighted by Gasteiger charge is -2.34. The molecule has 0 aromatic heterocycles. The van der Waals surface area contributed by atoms with Crippen LogP contribution in [0.25, 0.3) is 0 Å². The number of ketones is 1. The van der Waals surface area contributed by atoms with E-state index in [1.165, 1.54) is 0 Å². The van der Waals surface area contributed by atoms with Gasteiger partial charge in [0.25, 0.3) is 0 Å². The van der Waals surface area contributed by atoms with E-state index in [0.29, 0.717) is 12.6 Å². The van der Waals surface area contributed by atoms with Crippen molar-refractivity contribution < 1.29 is 4.79 Å². The molecule has 0 bridgehead atoms. The average Bonchev–Trinajstić information content (AvgIpc) is 2.45. The highest BCUT2D eigenvalue weighted by atomic mass is 16.1. The number of nitrogens with one attached hydrogen (secondary N) is 1. The summed E-state index contributed by atoms with van der Waals surface area (Å²) in [5, 5.41) is 11.8. The van der Waals surface area contributed by atoms with Crippen LogP contribution in [-0.4, -0.2) is 31.5 Å². The van der Waals surface area contributed by atoms with Crippen LogP contribution in [0, 0.1) is 11.3 Å². The lowest BCUT2D eigenvalue weighted by Crippen LogP contribution is -2.45. The topological polar surface area (TPSA) is 56.1 Å². The van der Waals surface area contributed by atoms with Crippen molar-refractivity contribution in [2.24, 2.45) is 0 Å². The van der Waals surface area contributed by atoms with E-state index in [1.54, 1.807) is 6.92 Å². The van der Waals surface area contributed by atoms with Crippen LogP contribution in [0.15, 0.2) is 24.3 Å². The summed E-state index contributed by atoms with van der Waals surface area (Å²) < 4.78 is 0. The molecule has 4 heteroatoms. The molecular weight excluding hydrogens is 238 g/mol. The number of benzene rings is 1. The molecule has 1 aliphatic rings. The zero-order valence-electron chi connectivity index (χ0n) is 11.2. The van der Waals surface area contributed by atoms with Crippen molar-refractivity contribution in [2.45, 2.75) is 25.8 Å². The van der Waals surface area contributed by atoms with E-state index >= 15 is 0 Å². The van der Waals surface area contributed by atoms with Gasteiger partial charge in [0.05, 0.1) is 12.6 Å². The van der Waals surface area contributed by atoms with Crippen molar-refractivity contribution in [3.05, 3.63) is 29.8 Å². The number of nitriles is 1. The number of rotatable bonds is 4. The minimum absolute atomic E-state index is 0.0961. The Labute approximate surface area is 114 Å². The van der Waals surface area contributed by atoms with Crippen molar-refractivity contribution in [1.82, 2.24) is 5.32 Å². The van der Waals surface area contributed by atoms with Gasteiger partial charge in [0.2, 0.25) is 0 Å². The monoisotopic (exact) mass is 257 g/mol. The van der Waals surface area contributed by atoms with Crippen LogP contribution >= 0.6 is 0 Å². The molecule has 1 saturated heterocycles. The second kappa shape index (κ2) is 6.35. The number of carbonyl (C=O) groups is 1. The standard InChI is InChI=1S/C15H19N3O/c1-12(19)13-4-6-15(7-5-13)18-10-2-3-14(11-18)17-9-8-16/h4-7,14,17H,2-3,9-11H2,1H3. The molecule has 1 fully saturated rings. The fourth-order valence-corrected chi connectivity index (χ4v) is 2.48. The maximum absolute atomic E-state index is 11.2. The summed E-state index contributed by atoms with van der Waals surface area (Å²) in [5.74, 6) is 0.0961. The molecule has 0 amide bonds. The van der Waals surface area contributed by atoms with Crippen LogP contribution in [0.3, 0.4) is 0 Å². The maximum atomic E-state index is 11.2. The number of anilines is 1. The molecule has 4 nitrogen and oxygen atoms in total. The minimum Gasteiger partial charge on any atom is -0.370 e. The smallest absolute Gasteiger partial charge is 0.159 e. The van der Waals surface area contributed by atoms with Crippen molar-refractivity contribution in [1.29, 1.82) is 5.26 Å². The molecule has 1 unspecified atom stereocenters. The largest absolute Gasteiger partial charge is 0.370 e. The Hall–Kier alpha value is -1.86. The second-order valence-electron chi connectivity index (χ2n) is 4.93. The summed E-state index contributed by atoms with van der Waals surface area (Å²) in [6, 6.07) is 10.3. The van der Waals surface area contributed by atoms with Gasteiger partial charge in [0, 0.05) is 30.4 Å². The lowest BCUT2D eigenvalue weighted by atomic mass is 10.0. The first kappa shape index (κ1) is 13.6. The summed E-state index contributed by atoms with van der Waals surface area (Å²) in [5.41, 5.74) is 1.90. The summed E-state index contributed by atoms with van der Waals surface area (Å²) in [6.45, 7) is 3.94. The fraction of sp³-hybridized carbons (Fsp3) is 0.467. The first-order valence-corrected chi connectivity index (χ1v) is 6.67. The fourth-order valence-electron chi connectivity index (χ4n) is 2.48. The summed E-state index contributed by atoms with van der Waals surface area (Å²) in [4.78, 5) is 13.6. The molecule has 1 aliphatic heterocycles. The van der Waals surface area contributed by atoms with Crippen molar-refractivity contribution in [3.63, 3.8) is 0 Å². The molecule has 100 valence electrons. The van der Waals surface area contributed by atoms with Gasteiger partial charge in [0.15, 0.2) is 5.78 Å². The molecule has 1 atom stereocenters. The number of carbonyl (C=O) groups excluding carboxylic acids is 1. The van der Waals surface area contributed by atoms with Crippen LogP contribution in [-0.2, 0) is 0 Å². The molecule has 1 aromatic rings. The van der Waals surface area contributed by atoms with E-state index in [1.807, 2.05) is 24.3 Å². The van der Waals surface area contributed by atoms with Crippen LogP contribution in [0.4, 0.5) is 5.69 Å². The Morgan fingerprint density at radius 3 is 2.84 bits per heavy atom. The van der Waals surface area contributed by atoms with Gasteiger partial charge >= 0.3 is 0 Å². The molecule has 19 heavy (non-hydrogen) atoms. The van der Waals surface area contributed by atoms with E-state index in [9.17, 15) is 4.79 Å². The zero-order chi connectivity index (χ0) is 13.7. The third-order valence-corrected chi connectivity index (χ3v) is 3.53. The van der Waals surface area contributed by atoms with E-state index in [4.69, 9.17) is 5.26 Å². The molecule has 1 N–H and O–H groups in total. The normalized spacial score (nSPS) is 18.9. The Balaban J connectivity index is 2.00. The van der Waals surface area contributed by atoms with Gasteiger partial charge in [-0.05, 0) is 44.0 Å². The van der Waals surface area contributed by atoms with Gasteiger partial charge in [-0.2, -0.15) is 5.26 Å². The predicted octanol–water partition coefficient (Wildman–Crippen LogP) is 1.97. The minimum atomic E-state index is 0.0961. The third kappa shape index (κ3) is 3.55. The van der Waals surface area contributed by atoms with Crippen LogP contribution in [0.2, 0.25) is 0 Å². The summed E-state index contributed by atoms with van der Waals surface area (Å²) in [6.07, 6.45) is 2.24. The number of nitrogens with zero attached hydrogens (tertiary/aromatic N) is 2. The van der Waals surface area contributed by atoms with Crippen molar-refractivity contribution >= 4 is 11.5 Å². The number of hydrogen-bond donors (Lipinski definition) is 1. The molecule has 0 radical (unpaired) electrons. The average molecular weight is 257 g/mol. The predicted molar refractivity (Wildman–Crippen MR) is 75.3 cm³/mol.